The van der Waals surface area contributed by atoms with Crippen molar-refractivity contribution in [2.45, 2.75) is 38.8 Å². The Morgan fingerprint density at radius 3 is 2.24 bits per heavy atom. The standard InChI is InChI=1S/C12H15ClFN.C2H6/c13-11-3-1-10(2-4-11)9-12(14)5-7-15-8-6-12;1-2/h1-4,15H,5-9H2;1-2H3. The first-order valence-corrected chi connectivity index (χ1v) is 6.70. The second-order valence-corrected chi connectivity index (χ2v) is 4.64. The van der Waals surface area contributed by atoms with Gasteiger partial charge in [0, 0.05) is 11.4 Å². The summed E-state index contributed by atoms with van der Waals surface area (Å²) < 4.78 is 14.3. The molecule has 0 spiro atoms. The Kier molecular flexibility index (Phi) is 5.93. The molecule has 96 valence electrons. The molecule has 3 heteroatoms. The van der Waals surface area contributed by atoms with Gasteiger partial charge in [0.25, 0.3) is 0 Å². The minimum absolute atomic E-state index is 0.506. The van der Waals surface area contributed by atoms with Crippen LogP contribution in [0.15, 0.2) is 24.3 Å². The molecule has 1 N–H and O–H groups in total. The van der Waals surface area contributed by atoms with Gasteiger partial charge in [0.05, 0.1) is 0 Å². The second-order valence-electron chi connectivity index (χ2n) is 4.20. The van der Waals surface area contributed by atoms with Gasteiger partial charge in [-0.1, -0.05) is 37.6 Å². The third-order valence-corrected chi connectivity index (χ3v) is 3.19. The lowest BCUT2D eigenvalue weighted by molar-refractivity contribution is 0.116. The summed E-state index contributed by atoms with van der Waals surface area (Å²) in [4.78, 5) is 0. The molecule has 2 rings (SSSR count). The maximum absolute atomic E-state index is 14.3. The maximum atomic E-state index is 14.3. The molecular weight excluding hydrogens is 237 g/mol. The Morgan fingerprint density at radius 1 is 1.18 bits per heavy atom. The number of piperidine rings is 1. The molecule has 0 atom stereocenters. The number of rotatable bonds is 2. The molecule has 0 aliphatic carbocycles. The van der Waals surface area contributed by atoms with Gasteiger partial charge in [-0.15, -0.1) is 0 Å². The van der Waals surface area contributed by atoms with Crippen molar-refractivity contribution in [3.8, 4) is 0 Å². The first-order chi connectivity index (χ1) is 8.18. The highest BCUT2D eigenvalue weighted by molar-refractivity contribution is 6.30. The maximum Gasteiger partial charge on any atom is 0.117 e. The third kappa shape index (κ3) is 4.64. The summed E-state index contributed by atoms with van der Waals surface area (Å²) >= 11 is 5.79. The zero-order valence-corrected chi connectivity index (χ0v) is 11.4. The van der Waals surface area contributed by atoms with Crippen LogP contribution < -0.4 is 5.32 Å². The van der Waals surface area contributed by atoms with Crippen LogP contribution in [0.25, 0.3) is 0 Å². The van der Waals surface area contributed by atoms with Gasteiger partial charge in [0.1, 0.15) is 5.67 Å². The molecule has 0 aromatic heterocycles. The molecule has 1 saturated heterocycles. The molecule has 1 aliphatic heterocycles. The topological polar surface area (TPSA) is 12.0 Å². The normalized spacial score (nSPS) is 18.1. The van der Waals surface area contributed by atoms with E-state index in [1.807, 2.05) is 38.1 Å². The highest BCUT2D eigenvalue weighted by Crippen LogP contribution is 2.28. The van der Waals surface area contributed by atoms with Gasteiger partial charge in [-0.3, -0.25) is 0 Å². The molecule has 1 fully saturated rings. The van der Waals surface area contributed by atoms with Crippen LogP contribution in [0.1, 0.15) is 32.3 Å². The van der Waals surface area contributed by atoms with E-state index in [2.05, 4.69) is 5.32 Å². The van der Waals surface area contributed by atoms with E-state index < -0.39 is 5.67 Å². The smallest absolute Gasteiger partial charge is 0.117 e. The van der Waals surface area contributed by atoms with Crippen molar-refractivity contribution in [2.75, 3.05) is 13.1 Å². The number of nitrogens with one attached hydrogen (secondary N) is 1. The number of hydrogen-bond donors (Lipinski definition) is 1. The lowest BCUT2D eigenvalue weighted by Gasteiger charge is -2.30. The largest absolute Gasteiger partial charge is 0.316 e. The van der Waals surface area contributed by atoms with Crippen molar-refractivity contribution in [2.24, 2.45) is 0 Å². The lowest BCUT2D eigenvalue weighted by Crippen LogP contribution is -2.40. The van der Waals surface area contributed by atoms with Gasteiger partial charge < -0.3 is 5.32 Å². The Morgan fingerprint density at radius 2 is 1.71 bits per heavy atom. The molecule has 1 aromatic rings. The summed E-state index contributed by atoms with van der Waals surface area (Å²) in [6.45, 7) is 5.56. The SMILES string of the molecule is CC.FC1(Cc2ccc(Cl)cc2)CCNCC1. The van der Waals surface area contributed by atoms with Gasteiger partial charge in [-0.05, 0) is 43.6 Å². The van der Waals surface area contributed by atoms with Crippen LogP contribution in [0.3, 0.4) is 0 Å². The average Bonchev–Trinajstić information content (AvgIpc) is 2.35. The van der Waals surface area contributed by atoms with Crippen LogP contribution in [-0.2, 0) is 6.42 Å². The monoisotopic (exact) mass is 257 g/mol. The number of benzene rings is 1. The summed E-state index contributed by atoms with van der Waals surface area (Å²) in [6.07, 6.45) is 1.72. The summed E-state index contributed by atoms with van der Waals surface area (Å²) in [7, 11) is 0. The summed E-state index contributed by atoms with van der Waals surface area (Å²) in [5, 5.41) is 3.88. The van der Waals surface area contributed by atoms with Crippen molar-refractivity contribution in [3.05, 3.63) is 34.9 Å². The lowest BCUT2D eigenvalue weighted by atomic mass is 9.88. The zero-order valence-electron chi connectivity index (χ0n) is 10.6. The third-order valence-electron chi connectivity index (χ3n) is 2.93. The predicted molar refractivity (Wildman–Crippen MR) is 72.4 cm³/mol. The van der Waals surface area contributed by atoms with E-state index in [1.165, 1.54) is 0 Å². The molecule has 1 aromatic carbocycles. The van der Waals surface area contributed by atoms with Gasteiger partial charge >= 0.3 is 0 Å². The van der Waals surface area contributed by atoms with E-state index in [-0.39, 0.29) is 0 Å². The number of alkyl halides is 1. The highest BCUT2D eigenvalue weighted by atomic mass is 35.5. The van der Waals surface area contributed by atoms with E-state index in [4.69, 9.17) is 11.6 Å². The molecule has 1 nitrogen and oxygen atoms in total. The second kappa shape index (κ2) is 6.97. The van der Waals surface area contributed by atoms with Crippen molar-refractivity contribution in [1.29, 1.82) is 0 Å². The fraction of sp³-hybridized carbons (Fsp3) is 0.571. The van der Waals surface area contributed by atoms with Crippen molar-refractivity contribution < 1.29 is 4.39 Å². The first kappa shape index (κ1) is 14.5. The van der Waals surface area contributed by atoms with Crippen molar-refractivity contribution >= 4 is 11.6 Å². The van der Waals surface area contributed by atoms with E-state index in [0.29, 0.717) is 24.3 Å². The molecule has 0 radical (unpaired) electrons. The molecule has 0 unspecified atom stereocenters. The first-order valence-electron chi connectivity index (χ1n) is 6.32. The number of hydrogen-bond acceptors (Lipinski definition) is 1. The zero-order chi connectivity index (χ0) is 12.7. The van der Waals surface area contributed by atoms with Gasteiger partial charge in [-0.2, -0.15) is 0 Å². The van der Waals surface area contributed by atoms with Crippen LogP contribution in [0.4, 0.5) is 4.39 Å². The quantitative estimate of drug-likeness (QED) is 0.845. The Balaban J connectivity index is 0.000000686. The summed E-state index contributed by atoms with van der Waals surface area (Å²) in [6, 6.07) is 7.46. The molecule has 0 saturated carbocycles. The average molecular weight is 258 g/mol. The van der Waals surface area contributed by atoms with Gasteiger partial charge in [0.15, 0.2) is 0 Å². The molecule has 17 heavy (non-hydrogen) atoms. The molecule has 0 amide bonds. The minimum Gasteiger partial charge on any atom is -0.316 e. The molecule has 1 aliphatic rings. The van der Waals surface area contributed by atoms with Crippen LogP contribution in [0, 0.1) is 0 Å². The van der Waals surface area contributed by atoms with E-state index >= 15 is 0 Å². The number of halogens is 2. The Hall–Kier alpha value is -0.600. The van der Waals surface area contributed by atoms with Crippen LogP contribution in [0.5, 0.6) is 0 Å². The molecule has 0 bridgehead atoms. The summed E-state index contributed by atoms with van der Waals surface area (Å²) in [5.74, 6) is 0. The highest BCUT2D eigenvalue weighted by Gasteiger charge is 2.31. The summed E-state index contributed by atoms with van der Waals surface area (Å²) in [5.41, 5.74) is 0.00261. The van der Waals surface area contributed by atoms with Crippen LogP contribution in [-0.4, -0.2) is 18.8 Å². The Labute approximate surface area is 108 Å². The van der Waals surface area contributed by atoms with Crippen LogP contribution >= 0.6 is 11.6 Å². The fourth-order valence-electron chi connectivity index (χ4n) is 2.02. The predicted octanol–water partition coefficient (Wildman–Crippen LogP) is 4.00. The van der Waals surface area contributed by atoms with Crippen molar-refractivity contribution in [3.63, 3.8) is 0 Å². The molecule has 1 heterocycles. The Bertz CT molecular complexity index is 317. The van der Waals surface area contributed by atoms with E-state index in [1.54, 1.807) is 0 Å². The van der Waals surface area contributed by atoms with Crippen molar-refractivity contribution in [1.82, 2.24) is 5.32 Å². The van der Waals surface area contributed by atoms with Gasteiger partial charge in [-0.25, -0.2) is 4.39 Å². The van der Waals surface area contributed by atoms with Crippen LogP contribution in [0.2, 0.25) is 5.02 Å². The van der Waals surface area contributed by atoms with E-state index in [9.17, 15) is 4.39 Å². The molecular formula is C14H21ClFN. The van der Waals surface area contributed by atoms with Gasteiger partial charge in [0.2, 0.25) is 0 Å². The fourth-order valence-corrected chi connectivity index (χ4v) is 2.15. The minimum atomic E-state index is -1.03. The van der Waals surface area contributed by atoms with E-state index in [0.717, 1.165) is 18.7 Å².